The summed E-state index contributed by atoms with van der Waals surface area (Å²) in [5.74, 6) is -2.45. The maximum Gasteiger partial charge on any atom is 0.334 e. The van der Waals surface area contributed by atoms with Crippen molar-refractivity contribution in [1.82, 2.24) is 0 Å². The average Bonchev–Trinajstić information content (AvgIpc) is 3.45. The van der Waals surface area contributed by atoms with Crippen molar-refractivity contribution in [2.24, 2.45) is 23.7 Å². The molecule has 2 saturated carbocycles. The first-order valence-corrected chi connectivity index (χ1v) is 9.41. The summed E-state index contributed by atoms with van der Waals surface area (Å²) in [5, 5.41) is 17.7. The van der Waals surface area contributed by atoms with Crippen molar-refractivity contribution in [3.63, 3.8) is 0 Å². The van der Waals surface area contributed by atoms with E-state index in [0.717, 1.165) is 38.5 Å². The maximum atomic E-state index is 11.5. The molecular weight excluding hydrogens is 368 g/mol. The van der Waals surface area contributed by atoms with Gasteiger partial charge in [-0.2, -0.15) is 0 Å². The first-order chi connectivity index (χ1) is 13.3. The summed E-state index contributed by atoms with van der Waals surface area (Å²) in [5.41, 5.74) is 1.42. The first-order valence-electron chi connectivity index (χ1n) is 9.41. The van der Waals surface area contributed by atoms with Crippen LogP contribution in [0.3, 0.4) is 0 Å². The summed E-state index contributed by atoms with van der Waals surface area (Å²) in [6, 6.07) is 0. The fourth-order valence-electron chi connectivity index (χ4n) is 5.24. The third-order valence-electron chi connectivity index (χ3n) is 6.35. The zero-order chi connectivity index (χ0) is 20.6. The summed E-state index contributed by atoms with van der Waals surface area (Å²) >= 11 is 0. The molecule has 4 bridgehead atoms. The van der Waals surface area contributed by atoms with Gasteiger partial charge < -0.3 is 19.7 Å². The number of aliphatic carboxylic acids is 2. The number of hydrogen-bond donors (Lipinski definition) is 2. The number of carbonyl (C=O) groups excluding carboxylic acids is 2. The molecule has 2 N–H and O–H groups in total. The Labute approximate surface area is 162 Å². The molecule has 28 heavy (non-hydrogen) atoms. The molecule has 0 aromatic heterocycles. The van der Waals surface area contributed by atoms with Gasteiger partial charge in [0.2, 0.25) is 0 Å². The lowest BCUT2D eigenvalue weighted by molar-refractivity contribution is -0.140. The Morgan fingerprint density at radius 2 is 0.929 bits per heavy atom. The van der Waals surface area contributed by atoms with Crippen molar-refractivity contribution in [2.75, 3.05) is 14.2 Å². The minimum atomic E-state index is -1.05. The lowest BCUT2D eigenvalue weighted by Gasteiger charge is -2.16. The van der Waals surface area contributed by atoms with Gasteiger partial charge in [-0.25, -0.2) is 19.2 Å². The van der Waals surface area contributed by atoms with Crippen LogP contribution in [0, 0.1) is 23.7 Å². The van der Waals surface area contributed by atoms with Crippen LogP contribution in [0.25, 0.3) is 0 Å². The zero-order valence-corrected chi connectivity index (χ0v) is 15.9. The molecule has 4 rings (SSSR count). The van der Waals surface area contributed by atoms with Gasteiger partial charge in [-0.15, -0.1) is 0 Å². The van der Waals surface area contributed by atoms with E-state index in [1.54, 1.807) is 0 Å². The van der Waals surface area contributed by atoms with Gasteiger partial charge in [0.1, 0.15) is 0 Å². The fourth-order valence-corrected chi connectivity index (χ4v) is 5.24. The molecule has 0 aliphatic heterocycles. The van der Waals surface area contributed by atoms with Crippen LogP contribution >= 0.6 is 0 Å². The van der Waals surface area contributed by atoms with Crippen molar-refractivity contribution in [2.45, 2.75) is 38.5 Å². The highest BCUT2D eigenvalue weighted by molar-refractivity contribution is 6.02. The fraction of sp³-hybridized carbons (Fsp3) is 0.600. The highest BCUT2D eigenvalue weighted by Gasteiger charge is 2.46. The molecular formula is C20H24O8. The van der Waals surface area contributed by atoms with Crippen molar-refractivity contribution >= 4 is 23.9 Å². The normalized spacial score (nSPS) is 29.5. The Bertz CT molecular complexity index is 728. The van der Waals surface area contributed by atoms with E-state index in [-0.39, 0.29) is 46.8 Å². The number of rotatable bonds is 4. The quantitative estimate of drug-likeness (QED) is 0.695. The van der Waals surface area contributed by atoms with Crippen LogP contribution in [0.2, 0.25) is 0 Å². The Balaban J connectivity index is 0.000000162. The second-order valence-corrected chi connectivity index (χ2v) is 7.66. The largest absolute Gasteiger partial charge is 0.478 e. The Morgan fingerprint density at radius 1 is 0.643 bits per heavy atom. The van der Waals surface area contributed by atoms with Gasteiger partial charge in [-0.05, 0) is 62.2 Å². The molecule has 0 spiro atoms. The molecule has 4 atom stereocenters. The first kappa shape index (κ1) is 20.1. The van der Waals surface area contributed by atoms with E-state index < -0.39 is 11.9 Å². The van der Waals surface area contributed by atoms with Crippen LogP contribution in [-0.2, 0) is 28.7 Å². The minimum Gasteiger partial charge on any atom is -0.478 e. The van der Waals surface area contributed by atoms with E-state index in [1.807, 2.05) is 0 Å². The minimum absolute atomic E-state index is 0.00593. The Hall–Kier alpha value is -2.64. The van der Waals surface area contributed by atoms with Crippen LogP contribution in [0.4, 0.5) is 0 Å². The molecule has 4 aliphatic rings. The van der Waals surface area contributed by atoms with Crippen molar-refractivity contribution in [3.05, 3.63) is 22.3 Å². The SMILES string of the molecule is COC(=O)C1=C(C(=O)OC)C2CCC1C2.O=C(O)C1=C(C(=O)O)C2CCC1C2. The standard InChI is InChI=1S/C11H14O4.C9H10O4/c1-14-10(12)8-6-3-4-7(5-6)9(8)11(13)15-2;10-8(11)6-4-1-2-5(3-4)7(6)9(12)13/h6-7H,3-5H2,1-2H3;4-5H,1-3H2,(H,10,11)(H,12,13). The monoisotopic (exact) mass is 392 g/mol. The van der Waals surface area contributed by atoms with Gasteiger partial charge in [-0.1, -0.05) is 0 Å². The van der Waals surface area contributed by atoms with E-state index in [9.17, 15) is 19.2 Å². The van der Waals surface area contributed by atoms with Crippen LogP contribution in [0.5, 0.6) is 0 Å². The van der Waals surface area contributed by atoms with E-state index in [2.05, 4.69) is 0 Å². The number of carboxylic acids is 2. The second-order valence-electron chi connectivity index (χ2n) is 7.66. The van der Waals surface area contributed by atoms with Crippen LogP contribution in [0.15, 0.2) is 22.3 Å². The predicted octanol–water partition coefficient (Wildman–Crippen LogP) is 1.94. The maximum absolute atomic E-state index is 11.5. The number of fused-ring (bicyclic) bond motifs is 4. The van der Waals surface area contributed by atoms with Gasteiger partial charge in [0.05, 0.1) is 36.5 Å². The number of methoxy groups -OCH3 is 2. The smallest absolute Gasteiger partial charge is 0.334 e. The van der Waals surface area contributed by atoms with Crippen LogP contribution in [0.1, 0.15) is 38.5 Å². The molecule has 152 valence electrons. The van der Waals surface area contributed by atoms with Crippen LogP contribution in [-0.4, -0.2) is 48.3 Å². The topological polar surface area (TPSA) is 127 Å². The number of ether oxygens (including phenoxy) is 2. The Kier molecular flexibility index (Phi) is 5.58. The number of hydrogen-bond acceptors (Lipinski definition) is 6. The van der Waals surface area contributed by atoms with E-state index in [0.29, 0.717) is 11.1 Å². The third kappa shape index (κ3) is 3.31. The lowest BCUT2D eigenvalue weighted by atomic mass is 9.92. The number of esters is 2. The van der Waals surface area contributed by atoms with Gasteiger partial charge in [0, 0.05) is 0 Å². The molecule has 8 heteroatoms. The molecule has 0 amide bonds. The molecule has 0 aromatic rings. The van der Waals surface area contributed by atoms with E-state index >= 15 is 0 Å². The third-order valence-corrected chi connectivity index (χ3v) is 6.35. The summed E-state index contributed by atoms with van der Waals surface area (Å²) in [4.78, 5) is 44.7. The molecule has 4 unspecified atom stereocenters. The van der Waals surface area contributed by atoms with Gasteiger partial charge in [0.15, 0.2) is 0 Å². The molecule has 4 aliphatic carbocycles. The van der Waals surface area contributed by atoms with E-state index in [1.165, 1.54) is 14.2 Å². The summed E-state index contributed by atoms with van der Waals surface area (Å²) in [7, 11) is 2.69. The van der Waals surface area contributed by atoms with Crippen molar-refractivity contribution in [3.8, 4) is 0 Å². The Morgan fingerprint density at radius 3 is 1.18 bits per heavy atom. The molecule has 2 fully saturated rings. The van der Waals surface area contributed by atoms with Gasteiger partial charge in [-0.3, -0.25) is 0 Å². The number of carboxylic acid groups (broad SMARTS) is 2. The lowest BCUT2D eigenvalue weighted by Crippen LogP contribution is -2.19. The molecule has 0 radical (unpaired) electrons. The summed E-state index contributed by atoms with van der Waals surface area (Å²) in [6.07, 6.45) is 5.26. The van der Waals surface area contributed by atoms with Crippen molar-refractivity contribution < 1.29 is 38.9 Å². The molecule has 0 saturated heterocycles. The number of carbonyl (C=O) groups is 4. The van der Waals surface area contributed by atoms with Crippen molar-refractivity contribution in [1.29, 1.82) is 0 Å². The molecule has 0 aromatic carbocycles. The zero-order valence-electron chi connectivity index (χ0n) is 15.9. The highest BCUT2D eigenvalue weighted by atomic mass is 16.5. The predicted molar refractivity (Wildman–Crippen MR) is 95.0 cm³/mol. The highest BCUT2D eigenvalue weighted by Crippen LogP contribution is 2.49. The van der Waals surface area contributed by atoms with Crippen LogP contribution < -0.4 is 0 Å². The molecule has 8 nitrogen and oxygen atoms in total. The second kappa shape index (κ2) is 7.77. The average molecular weight is 392 g/mol. The molecule has 0 heterocycles. The van der Waals surface area contributed by atoms with Gasteiger partial charge in [0.25, 0.3) is 0 Å². The summed E-state index contributed by atoms with van der Waals surface area (Å²) in [6.45, 7) is 0. The summed E-state index contributed by atoms with van der Waals surface area (Å²) < 4.78 is 9.41. The van der Waals surface area contributed by atoms with Gasteiger partial charge >= 0.3 is 23.9 Å². The van der Waals surface area contributed by atoms with E-state index in [4.69, 9.17) is 19.7 Å².